The highest BCUT2D eigenvalue weighted by Crippen LogP contribution is 2.24. The fourth-order valence-electron chi connectivity index (χ4n) is 1.19. The lowest BCUT2D eigenvalue weighted by Crippen LogP contribution is -1.98. The van der Waals surface area contributed by atoms with Crippen molar-refractivity contribution in [2.45, 2.75) is 6.92 Å². The van der Waals surface area contributed by atoms with Crippen molar-refractivity contribution in [1.82, 2.24) is 15.2 Å². The Labute approximate surface area is 81.2 Å². The summed E-state index contributed by atoms with van der Waals surface area (Å²) in [5.41, 5.74) is 0.628. The Balaban J connectivity index is 2.50. The van der Waals surface area contributed by atoms with Crippen molar-refractivity contribution in [2.75, 3.05) is 12.4 Å². The number of nitrogens with zero attached hydrogens (tertiary/aromatic N) is 3. The lowest BCUT2D eigenvalue weighted by molar-refractivity contribution is 0.545. The molecule has 5 heteroatoms. The minimum atomic E-state index is 0.628. The van der Waals surface area contributed by atoms with Crippen LogP contribution in [0.4, 0.5) is 5.82 Å². The van der Waals surface area contributed by atoms with Crippen LogP contribution in [0.3, 0.4) is 0 Å². The highest BCUT2D eigenvalue weighted by atomic mass is 16.3. The molecule has 0 fully saturated rings. The molecule has 0 spiro atoms. The van der Waals surface area contributed by atoms with Gasteiger partial charge in [-0.05, 0) is 19.1 Å². The highest BCUT2D eigenvalue weighted by Gasteiger charge is 2.10. The Morgan fingerprint density at radius 2 is 2.21 bits per heavy atom. The van der Waals surface area contributed by atoms with E-state index in [0.29, 0.717) is 17.3 Å². The number of hydrogen-bond acceptors (Lipinski definition) is 5. The van der Waals surface area contributed by atoms with Crippen LogP contribution in [0.15, 0.2) is 22.9 Å². The molecule has 0 amide bonds. The van der Waals surface area contributed by atoms with E-state index in [4.69, 9.17) is 4.42 Å². The summed E-state index contributed by atoms with van der Waals surface area (Å²) in [6, 6.07) is 3.73. The Hall–Kier alpha value is -1.91. The van der Waals surface area contributed by atoms with E-state index in [-0.39, 0.29) is 0 Å². The van der Waals surface area contributed by atoms with Crippen LogP contribution in [0.25, 0.3) is 11.5 Å². The van der Waals surface area contributed by atoms with Crippen LogP contribution in [0.5, 0.6) is 0 Å². The Morgan fingerprint density at radius 1 is 1.36 bits per heavy atom. The SMILES string of the molecule is CNc1ncnnc1-c1ccc(C)o1. The van der Waals surface area contributed by atoms with Crippen molar-refractivity contribution in [3.05, 3.63) is 24.2 Å². The predicted octanol–water partition coefficient (Wildman–Crippen LogP) is 1.48. The number of aryl methyl sites for hydroxylation is 1. The third kappa shape index (κ3) is 1.44. The summed E-state index contributed by atoms with van der Waals surface area (Å²) in [6.45, 7) is 1.88. The van der Waals surface area contributed by atoms with Gasteiger partial charge < -0.3 is 9.73 Å². The molecule has 5 nitrogen and oxygen atoms in total. The molecule has 72 valence electrons. The maximum Gasteiger partial charge on any atom is 0.170 e. The summed E-state index contributed by atoms with van der Waals surface area (Å²) < 4.78 is 5.43. The molecule has 1 N–H and O–H groups in total. The van der Waals surface area contributed by atoms with Gasteiger partial charge in [-0.15, -0.1) is 10.2 Å². The third-order valence-corrected chi connectivity index (χ3v) is 1.83. The average molecular weight is 190 g/mol. The molecule has 0 saturated heterocycles. The van der Waals surface area contributed by atoms with Gasteiger partial charge >= 0.3 is 0 Å². The monoisotopic (exact) mass is 190 g/mol. The van der Waals surface area contributed by atoms with Crippen LogP contribution >= 0.6 is 0 Å². The van der Waals surface area contributed by atoms with Gasteiger partial charge in [0.15, 0.2) is 17.3 Å². The molecule has 0 unspecified atom stereocenters. The molecule has 14 heavy (non-hydrogen) atoms. The molecule has 0 saturated carbocycles. The van der Waals surface area contributed by atoms with Crippen molar-refractivity contribution < 1.29 is 4.42 Å². The number of furan rings is 1. The van der Waals surface area contributed by atoms with Crippen LogP contribution in [-0.2, 0) is 0 Å². The lowest BCUT2D eigenvalue weighted by Gasteiger charge is -2.01. The van der Waals surface area contributed by atoms with Gasteiger partial charge in [-0.2, -0.15) is 0 Å². The minimum Gasteiger partial charge on any atom is -0.460 e. The second kappa shape index (κ2) is 3.45. The third-order valence-electron chi connectivity index (χ3n) is 1.83. The fourth-order valence-corrected chi connectivity index (χ4v) is 1.19. The zero-order valence-corrected chi connectivity index (χ0v) is 7.98. The van der Waals surface area contributed by atoms with Crippen LogP contribution in [-0.4, -0.2) is 22.2 Å². The first kappa shape index (κ1) is 8.68. The molecule has 0 bridgehead atoms. The van der Waals surface area contributed by atoms with Crippen molar-refractivity contribution in [3.63, 3.8) is 0 Å². The second-order valence-electron chi connectivity index (χ2n) is 2.82. The van der Waals surface area contributed by atoms with Gasteiger partial charge in [-0.1, -0.05) is 0 Å². The highest BCUT2D eigenvalue weighted by molar-refractivity contribution is 5.66. The average Bonchev–Trinajstić information content (AvgIpc) is 2.65. The molecule has 0 aromatic carbocycles. The van der Waals surface area contributed by atoms with E-state index in [1.807, 2.05) is 19.1 Å². The van der Waals surface area contributed by atoms with E-state index in [0.717, 1.165) is 5.76 Å². The van der Waals surface area contributed by atoms with Crippen molar-refractivity contribution >= 4 is 5.82 Å². The molecule has 2 aromatic rings. The molecular formula is C9H10N4O. The van der Waals surface area contributed by atoms with Crippen LogP contribution < -0.4 is 5.32 Å². The van der Waals surface area contributed by atoms with Gasteiger partial charge in [-0.25, -0.2) is 4.98 Å². The summed E-state index contributed by atoms with van der Waals surface area (Å²) >= 11 is 0. The number of nitrogens with one attached hydrogen (secondary N) is 1. The van der Waals surface area contributed by atoms with Gasteiger partial charge in [0, 0.05) is 7.05 Å². The summed E-state index contributed by atoms with van der Waals surface area (Å²) in [5, 5.41) is 10.6. The van der Waals surface area contributed by atoms with Crippen LogP contribution in [0, 0.1) is 6.92 Å². The maximum atomic E-state index is 5.43. The molecule has 2 heterocycles. The maximum absolute atomic E-state index is 5.43. The lowest BCUT2D eigenvalue weighted by atomic mass is 10.3. The predicted molar refractivity (Wildman–Crippen MR) is 51.8 cm³/mol. The van der Waals surface area contributed by atoms with Gasteiger partial charge in [0.2, 0.25) is 0 Å². The number of anilines is 1. The first-order valence-corrected chi connectivity index (χ1v) is 4.23. The molecule has 0 aliphatic rings. The zero-order chi connectivity index (χ0) is 9.97. The van der Waals surface area contributed by atoms with Crippen molar-refractivity contribution in [1.29, 1.82) is 0 Å². The van der Waals surface area contributed by atoms with Crippen molar-refractivity contribution in [3.8, 4) is 11.5 Å². The second-order valence-corrected chi connectivity index (χ2v) is 2.82. The molecular weight excluding hydrogens is 180 g/mol. The standard InChI is InChI=1S/C9H10N4O/c1-6-3-4-7(14-6)8-9(10-2)11-5-12-13-8/h3-5H,1-2H3,(H,10,11,12). The Morgan fingerprint density at radius 3 is 2.86 bits per heavy atom. The zero-order valence-electron chi connectivity index (χ0n) is 7.98. The Bertz CT molecular complexity index is 438. The van der Waals surface area contributed by atoms with E-state index >= 15 is 0 Å². The van der Waals surface area contributed by atoms with Gasteiger partial charge in [0.1, 0.15) is 12.1 Å². The molecule has 2 aromatic heterocycles. The fraction of sp³-hybridized carbons (Fsp3) is 0.222. The van der Waals surface area contributed by atoms with E-state index in [1.165, 1.54) is 6.33 Å². The van der Waals surface area contributed by atoms with E-state index in [1.54, 1.807) is 7.05 Å². The number of rotatable bonds is 2. The van der Waals surface area contributed by atoms with E-state index in [2.05, 4.69) is 20.5 Å². The number of aromatic nitrogens is 3. The quantitative estimate of drug-likeness (QED) is 0.777. The first-order chi connectivity index (χ1) is 6.81. The summed E-state index contributed by atoms with van der Waals surface area (Å²) in [5.74, 6) is 2.18. The Kier molecular flexibility index (Phi) is 2.14. The van der Waals surface area contributed by atoms with E-state index in [9.17, 15) is 0 Å². The normalized spacial score (nSPS) is 10.1. The van der Waals surface area contributed by atoms with E-state index < -0.39 is 0 Å². The molecule has 0 radical (unpaired) electrons. The topological polar surface area (TPSA) is 63.8 Å². The summed E-state index contributed by atoms with van der Waals surface area (Å²) in [6.07, 6.45) is 1.39. The number of hydrogen-bond donors (Lipinski definition) is 1. The van der Waals surface area contributed by atoms with Crippen molar-refractivity contribution in [2.24, 2.45) is 0 Å². The first-order valence-electron chi connectivity index (χ1n) is 4.23. The molecule has 0 aliphatic carbocycles. The minimum absolute atomic E-state index is 0.628. The van der Waals surface area contributed by atoms with Gasteiger partial charge in [-0.3, -0.25) is 0 Å². The molecule has 0 aliphatic heterocycles. The van der Waals surface area contributed by atoms with Gasteiger partial charge in [0.25, 0.3) is 0 Å². The van der Waals surface area contributed by atoms with Crippen LogP contribution in [0.2, 0.25) is 0 Å². The molecule has 2 rings (SSSR count). The largest absolute Gasteiger partial charge is 0.460 e. The molecule has 0 atom stereocenters. The smallest absolute Gasteiger partial charge is 0.170 e. The van der Waals surface area contributed by atoms with Gasteiger partial charge in [0.05, 0.1) is 0 Å². The summed E-state index contributed by atoms with van der Waals surface area (Å²) in [4.78, 5) is 4.04. The summed E-state index contributed by atoms with van der Waals surface area (Å²) in [7, 11) is 1.78. The van der Waals surface area contributed by atoms with Crippen LogP contribution in [0.1, 0.15) is 5.76 Å².